The molecule has 0 N–H and O–H groups in total. The monoisotopic (exact) mass is 436 g/mol. The summed E-state index contributed by atoms with van der Waals surface area (Å²) >= 11 is 4.04. The van der Waals surface area contributed by atoms with Gasteiger partial charge in [-0.2, -0.15) is 4.73 Å². The van der Waals surface area contributed by atoms with Crippen molar-refractivity contribution in [3.8, 4) is 0 Å². The molecule has 2 aromatic heterocycles. The van der Waals surface area contributed by atoms with Crippen molar-refractivity contribution in [1.82, 2.24) is 9.71 Å². The molecule has 0 atom stereocenters. The number of fused-ring (bicyclic) bond motifs is 1. The van der Waals surface area contributed by atoms with Gasteiger partial charge in [-0.15, -0.1) is 11.3 Å². The lowest BCUT2D eigenvalue weighted by Gasteiger charge is -2.44. The van der Waals surface area contributed by atoms with Gasteiger partial charge in [0.05, 0.1) is 20.0 Å². The molecule has 0 fully saturated rings. The van der Waals surface area contributed by atoms with Crippen LogP contribution >= 0.6 is 33.9 Å². The smallest absolute Gasteiger partial charge is 0.262 e. The summed E-state index contributed by atoms with van der Waals surface area (Å²) in [5, 5.41) is 0.304. The van der Waals surface area contributed by atoms with Crippen molar-refractivity contribution in [1.29, 1.82) is 0 Å². The van der Waals surface area contributed by atoms with E-state index in [1.807, 2.05) is 10.2 Å². The molecule has 0 radical (unpaired) electrons. The summed E-state index contributed by atoms with van der Waals surface area (Å²) in [7, 11) is -0.751. The summed E-state index contributed by atoms with van der Waals surface area (Å²) in [6.45, 7) is 14.0. The van der Waals surface area contributed by atoms with E-state index in [4.69, 9.17) is 4.53 Å². The van der Waals surface area contributed by atoms with Gasteiger partial charge >= 0.3 is 0 Å². The number of hydrogen-bond acceptors (Lipinski definition) is 3. The van der Waals surface area contributed by atoms with Crippen molar-refractivity contribution in [2.75, 3.05) is 0 Å². The lowest BCUT2D eigenvalue weighted by molar-refractivity contribution is 0.186. The summed E-state index contributed by atoms with van der Waals surface area (Å²) in [5.74, 6) is 1.89. The van der Waals surface area contributed by atoms with E-state index < -0.39 is 9.76 Å². The van der Waals surface area contributed by atoms with E-state index >= 15 is 0 Å². The summed E-state index contributed by atoms with van der Waals surface area (Å²) in [6, 6.07) is 0. The largest absolute Gasteiger partial charge is 0.475 e. The highest BCUT2D eigenvalue weighted by atomic mass is 127. The van der Waals surface area contributed by atoms with Crippen LogP contribution < -0.4 is 4.53 Å². The Hall–Kier alpha value is -0.0831. The molecule has 0 saturated heterocycles. The molecule has 6 heteroatoms. The van der Waals surface area contributed by atoms with Crippen molar-refractivity contribution < 1.29 is 4.53 Å². The molecule has 118 valence electrons. The Kier molecular flexibility index (Phi) is 5.41. The fourth-order valence-corrected chi connectivity index (χ4v) is 6.67. The van der Waals surface area contributed by atoms with Crippen LogP contribution in [0.25, 0.3) is 10.3 Å². The fraction of sp³-hybridized carbons (Fsp3) is 0.667. The molecule has 0 spiro atoms. The van der Waals surface area contributed by atoms with Gasteiger partial charge in [0.2, 0.25) is 0 Å². The predicted octanol–water partition coefficient (Wildman–Crippen LogP) is 4.34. The Bertz CT molecular complexity index is 584. The van der Waals surface area contributed by atoms with E-state index in [1.165, 1.54) is 8.27 Å². The molecular weight excluding hydrogens is 411 g/mol. The third kappa shape index (κ3) is 3.03. The molecule has 0 amide bonds. The second kappa shape index (κ2) is 6.58. The molecule has 0 aliphatic carbocycles. The van der Waals surface area contributed by atoms with Crippen LogP contribution in [0.1, 0.15) is 41.5 Å². The van der Waals surface area contributed by atoms with Gasteiger partial charge in [0, 0.05) is 5.04 Å². The number of aromatic nitrogens is 2. The molecule has 2 heterocycles. The van der Waals surface area contributed by atoms with Crippen LogP contribution in [-0.2, 0) is 0 Å². The zero-order valence-corrected chi connectivity index (χ0v) is 18.1. The zero-order chi connectivity index (χ0) is 15.8. The molecule has 0 aliphatic heterocycles. The minimum Gasteiger partial charge on any atom is -0.475 e. The number of thiazole rings is 1. The third-order valence-electron chi connectivity index (χ3n) is 4.88. The molecular formula is C15H25IN2OSSi. The molecule has 0 aromatic carbocycles. The number of rotatable bonds is 6. The third-order valence-corrected chi connectivity index (χ3v) is 10.3. The molecule has 2 rings (SSSR count). The molecule has 0 saturated carbocycles. The highest BCUT2D eigenvalue weighted by Crippen LogP contribution is 2.48. The SMILES string of the molecule is CC(C)C([SiH2]On1cc(I)c2scnc21)(C(C)C)C(C)C. The Labute approximate surface area is 147 Å². The highest BCUT2D eigenvalue weighted by Gasteiger charge is 2.42. The van der Waals surface area contributed by atoms with Gasteiger partial charge in [0.25, 0.3) is 9.76 Å². The van der Waals surface area contributed by atoms with E-state index in [2.05, 4.69) is 75.3 Å². The Morgan fingerprint density at radius 3 is 2.29 bits per heavy atom. The maximum absolute atomic E-state index is 6.34. The average molecular weight is 436 g/mol. The van der Waals surface area contributed by atoms with Gasteiger partial charge in [-0.3, -0.25) is 0 Å². The van der Waals surface area contributed by atoms with Gasteiger partial charge in [0.15, 0.2) is 5.65 Å². The lowest BCUT2D eigenvalue weighted by Crippen LogP contribution is -2.41. The van der Waals surface area contributed by atoms with Crippen LogP contribution in [0, 0.1) is 21.3 Å². The predicted molar refractivity (Wildman–Crippen MR) is 103 cm³/mol. The Morgan fingerprint density at radius 2 is 1.76 bits per heavy atom. The lowest BCUT2D eigenvalue weighted by atomic mass is 9.76. The van der Waals surface area contributed by atoms with E-state index in [1.54, 1.807) is 11.3 Å². The minimum absolute atomic E-state index is 0.304. The van der Waals surface area contributed by atoms with Crippen LogP contribution in [0.5, 0.6) is 0 Å². The summed E-state index contributed by atoms with van der Waals surface area (Å²) in [6.07, 6.45) is 2.08. The van der Waals surface area contributed by atoms with Crippen molar-refractivity contribution in [3.63, 3.8) is 0 Å². The first kappa shape index (κ1) is 17.3. The molecule has 0 aliphatic rings. The first-order valence-electron chi connectivity index (χ1n) is 7.54. The van der Waals surface area contributed by atoms with E-state index in [-0.39, 0.29) is 0 Å². The fourth-order valence-electron chi connectivity index (χ4n) is 3.56. The minimum atomic E-state index is -0.751. The van der Waals surface area contributed by atoms with Crippen molar-refractivity contribution in [2.24, 2.45) is 17.8 Å². The zero-order valence-electron chi connectivity index (χ0n) is 13.7. The number of halogens is 1. The van der Waals surface area contributed by atoms with Crippen LogP contribution in [-0.4, -0.2) is 19.5 Å². The number of nitrogens with zero attached hydrogens (tertiary/aromatic N) is 2. The van der Waals surface area contributed by atoms with E-state index in [9.17, 15) is 0 Å². The molecule has 2 aromatic rings. The van der Waals surface area contributed by atoms with Gasteiger partial charge < -0.3 is 4.53 Å². The van der Waals surface area contributed by atoms with Gasteiger partial charge in [-0.25, -0.2) is 4.98 Å². The normalized spacial score (nSPS) is 13.6. The maximum Gasteiger partial charge on any atom is 0.262 e. The topological polar surface area (TPSA) is 27.1 Å². The van der Waals surface area contributed by atoms with Crippen molar-refractivity contribution >= 4 is 54.0 Å². The molecule has 3 nitrogen and oxygen atoms in total. The Balaban J connectivity index is 2.28. The van der Waals surface area contributed by atoms with Crippen LogP contribution in [0.4, 0.5) is 0 Å². The standard InChI is InChI=1S/C15H25IN2OSSi/c1-9(2)15(10(3)4,11(5)6)21-19-18-7-12(16)13-14(18)17-8-20-13/h7-11H,21H2,1-6H3. The summed E-state index contributed by atoms with van der Waals surface area (Å²) in [5.41, 5.74) is 2.87. The second-order valence-corrected chi connectivity index (χ2v) is 10.4. The second-order valence-electron chi connectivity index (χ2n) is 6.66. The quantitative estimate of drug-likeness (QED) is 0.498. The highest BCUT2D eigenvalue weighted by molar-refractivity contribution is 14.1. The van der Waals surface area contributed by atoms with Gasteiger partial charge in [0.1, 0.15) is 0 Å². The average Bonchev–Trinajstić information content (AvgIpc) is 2.94. The van der Waals surface area contributed by atoms with Crippen LogP contribution in [0.15, 0.2) is 11.7 Å². The molecule has 0 bridgehead atoms. The van der Waals surface area contributed by atoms with Crippen molar-refractivity contribution in [2.45, 2.75) is 46.6 Å². The summed E-state index contributed by atoms with van der Waals surface area (Å²) in [4.78, 5) is 4.45. The van der Waals surface area contributed by atoms with Crippen LogP contribution in [0.3, 0.4) is 0 Å². The van der Waals surface area contributed by atoms with E-state index in [0.29, 0.717) is 22.8 Å². The molecule has 0 unspecified atom stereocenters. The maximum atomic E-state index is 6.34. The first-order chi connectivity index (χ1) is 9.80. The summed E-state index contributed by atoms with van der Waals surface area (Å²) < 4.78 is 10.7. The first-order valence-corrected chi connectivity index (χ1v) is 10.8. The van der Waals surface area contributed by atoms with Gasteiger partial charge in [-0.1, -0.05) is 41.5 Å². The Morgan fingerprint density at radius 1 is 1.19 bits per heavy atom. The van der Waals surface area contributed by atoms with Crippen LogP contribution in [0.2, 0.25) is 5.04 Å². The van der Waals surface area contributed by atoms with Gasteiger partial charge in [-0.05, 0) is 40.3 Å². The van der Waals surface area contributed by atoms with E-state index in [0.717, 1.165) is 5.65 Å². The molecule has 21 heavy (non-hydrogen) atoms. The number of hydrogen-bond donors (Lipinski definition) is 0. The van der Waals surface area contributed by atoms with Crippen molar-refractivity contribution in [3.05, 3.63) is 15.3 Å².